The minimum Gasteiger partial charge on any atom is -0.346 e. The van der Waals surface area contributed by atoms with Crippen LogP contribution in [0.5, 0.6) is 0 Å². The summed E-state index contributed by atoms with van der Waals surface area (Å²) in [6.07, 6.45) is 0. The number of carbonyl (C=O) groups excluding carboxylic acids is 2. The normalized spacial score (nSPS) is 12.9. The molecule has 3 amide bonds. The molecule has 0 atom stereocenters. The lowest BCUT2D eigenvalue weighted by atomic mass is 10.1. The van der Waals surface area contributed by atoms with Crippen LogP contribution in [0.25, 0.3) is 0 Å². The van der Waals surface area contributed by atoms with Gasteiger partial charge in [0.2, 0.25) is 0 Å². The largest absolute Gasteiger partial charge is 0.346 e. The lowest BCUT2D eigenvalue weighted by molar-refractivity contribution is 0.0950. The monoisotopic (exact) mass is 352 g/mol. The average Bonchev–Trinajstić information content (AvgIpc) is 3.07. The third-order valence-electron chi connectivity index (χ3n) is 4.22. The summed E-state index contributed by atoms with van der Waals surface area (Å²) in [7, 11) is 3.46. The lowest BCUT2D eigenvalue weighted by Gasteiger charge is -2.29. The summed E-state index contributed by atoms with van der Waals surface area (Å²) >= 11 is 0. The molecule has 0 saturated carbocycles. The zero-order valence-corrected chi connectivity index (χ0v) is 14.8. The third kappa shape index (κ3) is 3.52. The van der Waals surface area contributed by atoms with E-state index in [4.69, 9.17) is 5.26 Å². The van der Waals surface area contributed by atoms with Crippen LogP contribution in [-0.2, 0) is 19.6 Å². The molecular formula is C18H20N6O2. The number of nitrogens with one attached hydrogen (secondary N) is 1. The van der Waals surface area contributed by atoms with E-state index in [0.717, 1.165) is 11.4 Å². The molecule has 1 N–H and O–H groups in total. The molecule has 0 bridgehead atoms. The van der Waals surface area contributed by atoms with Gasteiger partial charge >= 0.3 is 6.03 Å². The summed E-state index contributed by atoms with van der Waals surface area (Å²) in [5.74, 6) is -0.308. The number of hydrogen-bond donors (Lipinski definition) is 1. The molecule has 8 heteroatoms. The predicted octanol–water partition coefficient (Wildman–Crippen LogP) is 1.18. The first-order valence-corrected chi connectivity index (χ1v) is 8.28. The van der Waals surface area contributed by atoms with E-state index in [1.807, 2.05) is 16.8 Å². The van der Waals surface area contributed by atoms with E-state index in [-0.39, 0.29) is 18.5 Å². The van der Waals surface area contributed by atoms with Crippen molar-refractivity contribution in [3.05, 3.63) is 52.8 Å². The maximum absolute atomic E-state index is 12.3. The van der Waals surface area contributed by atoms with Crippen LogP contribution in [0.1, 0.15) is 27.3 Å². The number of benzene rings is 1. The molecule has 1 aromatic heterocycles. The highest BCUT2D eigenvalue weighted by atomic mass is 16.2. The summed E-state index contributed by atoms with van der Waals surface area (Å²) in [5, 5.41) is 16.4. The minimum absolute atomic E-state index is 0.0274. The number of fused-ring (bicyclic) bond motifs is 1. The predicted molar refractivity (Wildman–Crippen MR) is 94.0 cm³/mol. The van der Waals surface area contributed by atoms with E-state index in [1.54, 1.807) is 48.2 Å². The maximum atomic E-state index is 12.3. The van der Waals surface area contributed by atoms with E-state index < -0.39 is 0 Å². The Labute approximate surface area is 151 Å². The summed E-state index contributed by atoms with van der Waals surface area (Å²) in [6, 6.07) is 10.6. The molecule has 2 aromatic rings. The fraction of sp³-hybridized carbons (Fsp3) is 0.333. The van der Waals surface area contributed by atoms with Crippen molar-refractivity contribution >= 4 is 11.9 Å². The average molecular weight is 352 g/mol. The number of amides is 3. The lowest BCUT2D eigenvalue weighted by Crippen LogP contribution is -2.43. The van der Waals surface area contributed by atoms with Crippen LogP contribution in [0, 0.1) is 11.3 Å². The molecule has 134 valence electrons. The highest BCUT2D eigenvalue weighted by Crippen LogP contribution is 2.15. The molecule has 26 heavy (non-hydrogen) atoms. The second-order valence-electron chi connectivity index (χ2n) is 6.29. The van der Waals surface area contributed by atoms with Crippen LogP contribution >= 0.6 is 0 Å². The fourth-order valence-corrected chi connectivity index (χ4v) is 2.90. The molecule has 0 radical (unpaired) electrons. The first-order valence-electron chi connectivity index (χ1n) is 8.28. The molecule has 8 nitrogen and oxygen atoms in total. The van der Waals surface area contributed by atoms with Crippen molar-refractivity contribution in [2.24, 2.45) is 0 Å². The number of aromatic nitrogens is 2. The molecule has 1 aliphatic heterocycles. The first-order chi connectivity index (χ1) is 12.5. The Morgan fingerprint density at radius 1 is 1.31 bits per heavy atom. The van der Waals surface area contributed by atoms with Gasteiger partial charge in [-0.1, -0.05) is 12.1 Å². The highest BCUT2D eigenvalue weighted by molar-refractivity contribution is 5.96. The topological polar surface area (TPSA) is 94.3 Å². The molecule has 1 aliphatic rings. The van der Waals surface area contributed by atoms with Crippen molar-refractivity contribution in [1.29, 1.82) is 5.26 Å². The Bertz CT molecular complexity index is 880. The smallest absolute Gasteiger partial charge is 0.319 e. The first kappa shape index (κ1) is 17.5. The van der Waals surface area contributed by atoms with Crippen molar-refractivity contribution in [2.45, 2.75) is 19.6 Å². The van der Waals surface area contributed by atoms with E-state index in [0.29, 0.717) is 30.8 Å². The van der Waals surface area contributed by atoms with Gasteiger partial charge in [-0.15, -0.1) is 0 Å². The minimum atomic E-state index is -0.308. The number of rotatable bonds is 3. The summed E-state index contributed by atoms with van der Waals surface area (Å²) < 4.78 is 1.87. The summed E-state index contributed by atoms with van der Waals surface area (Å²) in [6.45, 7) is 1.99. The molecular weight excluding hydrogens is 332 g/mol. The summed E-state index contributed by atoms with van der Waals surface area (Å²) in [5.41, 5.74) is 2.35. The Morgan fingerprint density at radius 3 is 2.81 bits per heavy atom. The van der Waals surface area contributed by atoms with Crippen molar-refractivity contribution in [2.75, 3.05) is 20.6 Å². The number of carbonyl (C=O) groups is 2. The van der Waals surface area contributed by atoms with Gasteiger partial charge in [-0.05, 0) is 18.2 Å². The Kier molecular flexibility index (Phi) is 4.89. The SMILES string of the molecule is CN(C)C(=O)N1CCn2nc(CNC(=O)c3ccccc3C#N)cc2C1. The Hall–Kier alpha value is -3.34. The van der Waals surface area contributed by atoms with Crippen LogP contribution in [0.3, 0.4) is 0 Å². The van der Waals surface area contributed by atoms with Crippen molar-refractivity contribution in [3.63, 3.8) is 0 Å². The molecule has 0 aliphatic carbocycles. The van der Waals surface area contributed by atoms with Gasteiger partial charge < -0.3 is 15.1 Å². The second-order valence-corrected chi connectivity index (χ2v) is 6.29. The van der Waals surface area contributed by atoms with Crippen LogP contribution in [0.4, 0.5) is 4.79 Å². The molecule has 0 saturated heterocycles. The van der Waals surface area contributed by atoms with Gasteiger partial charge in [-0.3, -0.25) is 9.48 Å². The van der Waals surface area contributed by atoms with Crippen LogP contribution in [0.15, 0.2) is 30.3 Å². The van der Waals surface area contributed by atoms with Gasteiger partial charge in [-0.25, -0.2) is 4.79 Å². The number of urea groups is 1. The second kappa shape index (κ2) is 7.27. The van der Waals surface area contributed by atoms with Gasteiger partial charge in [0.25, 0.3) is 5.91 Å². The van der Waals surface area contributed by atoms with Gasteiger partial charge in [-0.2, -0.15) is 10.4 Å². The number of hydrogen-bond acceptors (Lipinski definition) is 4. The highest BCUT2D eigenvalue weighted by Gasteiger charge is 2.23. The van der Waals surface area contributed by atoms with Crippen LogP contribution in [-0.4, -0.2) is 52.2 Å². The standard InChI is InChI=1S/C18H20N6O2/c1-22(2)18(26)23-7-8-24-15(12-23)9-14(21-24)11-20-17(25)16-6-4-3-5-13(16)10-19/h3-6,9H,7-8,11-12H2,1-2H3,(H,20,25). The van der Waals surface area contributed by atoms with Gasteiger partial charge in [0.05, 0.1) is 48.2 Å². The molecule has 0 unspecified atom stereocenters. The maximum Gasteiger partial charge on any atom is 0.319 e. The Balaban J connectivity index is 1.65. The molecule has 2 heterocycles. The van der Waals surface area contributed by atoms with Gasteiger partial charge in [0.1, 0.15) is 0 Å². The molecule has 1 aromatic carbocycles. The van der Waals surface area contributed by atoms with Crippen LogP contribution < -0.4 is 5.32 Å². The van der Waals surface area contributed by atoms with E-state index >= 15 is 0 Å². The van der Waals surface area contributed by atoms with E-state index in [9.17, 15) is 9.59 Å². The van der Waals surface area contributed by atoms with E-state index in [1.165, 1.54) is 0 Å². The van der Waals surface area contributed by atoms with Crippen molar-refractivity contribution < 1.29 is 9.59 Å². The fourth-order valence-electron chi connectivity index (χ4n) is 2.90. The number of nitriles is 1. The molecule has 0 fully saturated rings. The van der Waals surface area contributed by atoms with Gasteiger partial charge in [0.15, 0.2) is 0 Å². The zero-order chi connectivity index (χ0) is 18.7. The van der Waals surface area contributed by atoms with Crippen molar-refractivity contribution in [3.8, 4) is 6.07 Å². The van der Waals surface area contributed by atoms with Crippen LogP contribution in [0.2, 0.25) is 0 Å². The van der Waals surface area contributed by atoms with Crippen molar-refractivity contribution in [1.82, 2.24) is 24.9 Å². The summed E-state index contributed by atoms with van der Waals surface area (Å²) in [4.78, 5) is 27.7. The molecule has 3 rings (SSSR count). The molecule has 0 spiro atoms. The zero-order valence-electron chi connectivity index (χ0n) is 14.8. The van der Waals surface area contributed by atoms with E-state index in [2.05, 4.69) is 10.4 Å². The Morgan fingerprint density at radius 2 is 2.08 bits per heavy atom. The quantitative estimate of drug-likeness (QED) is 0.897. The van der Waals surface area contributed by atoms with Gasteiger partial charge in [0, 0.05) is 20.6 Å². The number of nitrogens with zero attached hydrogens (tertiary/aromatic N) is 5. The third-order valence-corrected chi connectivity index (χ3v) is 4.22.